The van der Waals surface area contributed by atoms with Crippen molar-refractivity contribution in [2.75, 3.05) is 5.32 Å². The standard InChI is InChI=1S/C15H13ClFNO2/c1-9-12(15(19)20)3-2-4-14(9)18-8-10-7-11(16)5-6-13(10)17/h2-7,18H,8H2,1H3,(H,19,20). The Bertz CT molecular complexity index is 658. The van der Waals surface area contributed by atoms with Gasteiger partial charge in [0.2, 0.25) is 0 Å². The van der Waals surface area contributed by atoms with Gasteiger partial charge in [0.25, 0.3) is 0 Å². The molecule has 3 nitrogen and oxygen atoms in total. The lowest BCUT2D eigenvalue weighted by Gasteiger charge is -2.12. The molecule has 5 heteroatoms. The lowest BCUT2D eigenvalue weighted by atomic mass is 10.1. The maximum absolute atomic E-state index is 13.6. The number of carboxylic acid groups (broad SMARTS) is 1. The van der Waals surface area contributed by atoms with Gasteiger partial charge in [-0.2, -0.15) is 0 Å². The van der Waals surface area contributed by atoms with Gasteiger partial charge in [0.1, 0.15) is 5.82 Å². The Balaban J connectivity index is 2.21. The third kappa shape index (κ3) is 3.08. The van der Waals surface area contributed by atoms with E-state index < -0.39 is 5.97 Å². The first-order valence-corrected chi connectivity index (χ1v) is 6.37. The van der Waals surface area contributed by atoms with Crippen LogP contribution >= 0.6 is 11.6 Å². The molecule has 0 saturated heterocycles. The van der Waals surface area contributed by atoms with Gasteiger partial charge in [0, 0.05) is 22.8 Å². The lowest BCUT2D eigenvalue weighted by molar-refractivity contribution is 0.0696. The number of hydrogen-bond donors (Lipinski definition) is 2. The monoisotopic (exact) mass is 293 g/mol. The minimum atomic E-state index is -0.986. The van der Waals surface area contributed by atoms with E-state index in [-0.39, 0.29) is 17.9 Å². The van der Waals surface area contributed by atoms with Crippen LogP contribution in [0.25, 0.3) is 0 Å². The number of hydrogen-bond acceptors (Lipinski definition) is 2. The summed E-state index contributed by atoms with van der Waals surface area (Å²) in [6.45, 7) is 1.94. The van der Waals surface area contributed by atoms with Crippen molar-refractivity contribution in [3.63, 3.8) is 0 Å². The molecule has 0 aliphatic carbocycles. The summed E-state index contributed by atoms with van der Waals surface area (Å²) in [5.74, 6) is -1.34. The van der Waals surface area contributed by atoms with Crippen molar-refractivity contribution in [3.8, 4) is 0 Å². The zero-order valence-electron chi connectivity index (χ0n) is 10.8. The highest BCUT2D eigenvalue weighted by atomic mass is 35.5. The summed E-state index contributed by atoms with van der Waals surface area (Å²) in [4.78, 5) is 11.0. The molecule has 2 rings (SSSR count). The van der Waals surface area contributed by atoms with Gasteiger partial charge in [-0.3, -0.25) is 0 Å². The van der Waals surface area contributed by atoms with Crippen molar-refractivity contribution in [2.24, 2.45) is 0 Å². The van der Waals surface area contributed by atoms with Crippen molar-refractivity contribution in [2.45, 2.75) is 13.5 Å². The molecule has 2 aromatic rings. The van der Waals surface area contributed by atoms with E-state index in [1.54, 1.807) is 25.1 Å². The molecule has 2 aromatic carbocycles. The molecule has 104 valence electrons. The van der Waals surface area contributed by atoms with Crippen LogP contribution in [0.1, 0.15) is 21.5 Å². The maximum Gasteiger partial charge on any atom is 0.336 e. The molecule has 0 aliphatic rings. The van der Waals surface area contributed by atoms with Crippen molar-refractivity contribution in [3.05, 3.63) is 63.9 Å². The first-order chi connectivity index (χ1) is 9.49. The van der Waals surface area contributed by atoms with Crippen LogP contribution in [-0.2, 0) is 6.54 Å². The largest absolute Gasteiger partial charge is 0.478 e. The second-order valence-corrected chi connectivity index (χ2v) is 4.81. The Morgan fingerprint density at radius 2 is 2.10 bits per heavy atom. The van der Waals surface area contributed by atoms with Crippen molar-refractivity contribution < 1.29 is 14.3 Å². The fraction of sp³-hybridized carbons (Fsp3) is 0.133. The van der Waals surface area contributed by atoms with E-state index in [0.29, 0.717) is 21.8 Å². The summed E-state index contributed by atoms with van der Waals surface area (Å²) in [6.07, 6.45) is 0. The Morgan fingerprint density at radius 1 is 1.35 bits per heavy atom. The molecule has 0 fully saturated rings. The Hall–Kier alpha value is -2.07. The van der Waals surface area contributed by atoms with E-state index in [4.69, 9.17) is 16.7 Å². The second-order valence-electron chi connectivity index (χ2n) is 4.37. The van der Waals surface area contributed by atoms with Crippen LogP contribution in [0.15, 0.2) is 36.4 Å². The Morgan fingerprint density at radius 3 is 2.80 bits per heavy atom. The second kappa shape index (κ2) is 5.92. The number of rotatable bonds is 4. The molecular weight excluding hydrogens is 281 g/mol. The molecule has 0 bridgehead atoms. The third-order valence-electron chi connectivity index (χ3n) is 3.04. The van der Waals surface area contributed by atoms with E-state index in [0.717, 1.165) is 0 Å². The first-order valence-electron chi connectivity index (χ1n) is 5.99. The summed E-state index contributed by atoms with van der Waals surface area (Å²) >= 11 is 5.82. The molecule has 0 spiro atoms. The number of benzene rings is 2. The van der Waals surface area contributed by atoms with Crippen LogP contribution < -0.4 is 5.32 Å². The first kappa shape index (κ1) is 14.3. The molecule has 0 atom stereocenters. The third-order valence-corrected chi connectivity index (χ3v) is 3.28. The highest BCUT2D eigenvalue weighted by Crippen LogP contribution is 2.21. The molecular formula is C15H13ClFNO2. The number of anilines is 1. The van der Waals surface area contributed by atoms with Crippen LogP contribution in [0, 0.1) is 12.7 Å². The number of carboxylic acids is 1. The van der Waals surface area contributed by atoms with Crippen molar-refractivity contribution in [1.29, 1.82) is 0 Å². The van der Waals surface area contributed by atoms with Gasteiger partial charge in [-0.25, -0.2) is 9.18 Å². The number of nitrogens with one attached hydrogen (secondary N) is 1. The topological polar surface area (TPSA) is 49.3 Å². The van der Waals surface area contributed by atoms with Gasteiger partial charge in [0.05, 0.1) is 5.56 Å². The number of halogens is 2. The molecule has 20 heavy (non-hydrogen) atoms. The van der Waals surface area contributed by atoms with Gasteiger partial charge in [-0.05, 0) is 42.8 Å². The van der Waals surface area contributed by atoms with E-state index in [1.807, 2.05) is 0 Å². The van der Waals surface area contributed by atoms with Gasteiger partial charge >= 0.3 is 5.97 Å². The predicted molar refractivity (Wildman–Crippen MR) is 76.9 cm³/mol. The van der Waals surface area contributed by atoms with Crippen LogP contribution in [0.5, 0.6) is 0 Å². The SMILES string of the molecule is Cc1c(NCc2cc(Cl)ccc2F)cccc1C(=O)O. The highest BCUT2D eigenvalue weighted by molar-refractivity contribution is 6.30. The van der Waals surface area contributed by atoms with E-state index in [9.17, 15) is 9.18 Å². The molecule has 0 amide bonds. The Kier molecular flexibility index (Phi) is 4.25. The summed E-state index contributed by atoms with van der Waals surface area (Å²) in [5.41, 5.74) is 1.92. The van der Waals surface area contributed by atoms with Gasteiger partial charge in [-0.15, -0.1) is 0 Å². The molecule has 0 unspecified atom stereocenters. The molecule has 0 radical (unpaired) electrons. The highest BCUT2D eigenvalue weighted by Gasteiger charge is 2.10. The zero-order chi connectivity index (χ0) is 14.7. The average molecular weight is 294 g/mol. The summed E-state index contributed by atoms with van der Waals surface area (Å²) in [5, 5.41) is 12.5. The van der Waals surface area contributed by atoms with Crippen LogP contribution in [0.2, 0.25) is 5.02 Å². The number of carbonyl (C=O) groups is 1. The van der Waals surface area contributed by atoms with E-state index in [2.05, 4.69) is 5.32 Å². The summed E-state index contributed by atoms with van der Waals surface area (Å²) in [6, 6.07) is 9.26. The molecule has 0 aliphatic heterocycles. The zero-order valence-corrected chi connectivity index (χ0v) is 11.5. The van der Waals surface area contributed by atoms with Crippen LogP contribution in [-0.4, -0.2) is 11.1 Å². The van der Waals surface area contributed by atoms with Gasteiger partial charge < -0.3 is 10.4 Å². The molecule has 0 aromatic heterocycles. The molecule has 0 saturated carbocycles. The molecule has 0 heterocycles. The van der Waals surface area contributed by atoms with E-state index >= 15 is 0 Å². The Labute approximate surface area is 121 Å². The van der Waals surface area contributed by atoms with Crippen LogP contribution in [0.3, 0.4) is 0 Å². The normalized spacial score (nSPS) is 10.3. The predicted octanol–water partition coefficient (Wildman–Crippen LogP) is 4.10. The maximum atomic E-state index is 13.6. The minimum absolute atomic E-state index is 0.224. The number of aromatic carboxylic acids is 1. The average Bonchev–Trinajstić information content (AvgIpc) is 2.41. The lowest BCUT2D eigenvalue weighted by Crippen LogP contribution is -2.06. The van der Waals surface area contributed by atoms with E-state index in [1.165, 1.54) is 18.2 Å². The smallest absolute Gasteiger partial charge is 0.336 e. The van der Waals surface area contributed by atoms with Gasteiger partial charge in [0.15, 0.2) is 0 Å². The fourth-order valence-corrected chi connectivity index (χ4v) is 2.12. The summed E-state index contributed by atoms with van der Waals surface area (Å²) < 4.78 is 13.6. The van der Waals surface area contributed by atoms with Crippen molar-refractivity contribution in [1.82, 2.24) is 0 Å². The van der Waals surface area contributed by atoms with Crippen LogP contribution in [0.4, 0.5) is 10.1 Å². The van der Waals surface area contributed by atoms with Crippen molar-refractivity contribution >= 4 is 23.3 Å². The van der Waals surface area contributed by atoms with Gasteiger partial charge in [-0.1, -0.05) is 17.7 Å². The minimum Gasteiger partial charge on any atom is -0.478 e. The quantitative estimate of drug-likeness (QED) is 0.892. The summed E-state index contributed by atoms with van der Waals surface area (Å²) in [7, 11) is 0. The fourth-order valence-electron chi connectivity index (χ4n) is 1.93. The molecule has 2 N–H and O–H groups in total.